The van der Waals surface area contributed by atoms with Crippen LogP contribution in [-0.4, -0.2) is 71.7 Å². The molecule has 0 bridgehead atoms. The van der Waals surface area contributed by atoms with Crippen molar-refractivity contribution >= 4 is 11.8 Å². The Hall–Kier alpha value is -3.52. The van der Waals surface area contributed by atoms with Crippen LogP contribution in [0.2, 0.25) is 0 Å². The van der Waals surface area contributed by atoms with Crippen LogP contribution in [0, 0.1) is 0 Å². The second-order valence-electron chi connectivity index (χ2n) is 8.38. The largest absolute Gasteiger partial charge is 0.378 e. The normalized spacial score (nSPS) is 14.6. The first-order valence-electron chi connectivity index (χ1n) is 11.7. The van der Waals surface area contributed by atoms with Crippen molar-refractivity contribution in [3.05, 3.63) is 71.5 Å². The fourth-order valence-electron chi connectivity index (χ4n) is 4.06. The Balaban J connectivity index is 1.34. The highest BCUT2D eigenvalue weighted by Gasteiger charge is 2.23. The fourth-order valence-corrected chi connectivity index (χ4v) is 4.06. The maximum Gasteiger partial charge on any atom is 0.257 e. The van der Waals surface area contributed by atoms with Gasteiger partial charge in [0.25, 0.3) is 11.8 Å². The number of hydrogen-bond acceptors (Lipinski definition) is 6. The lowest BCUT2D eigenvalue weighted by molar-refractivity contribution is -0.131. The maximum absolute atomic E-state index is 12.9. The van der Waals surface area contributed by atoms with Gasteiger partial charge in [-0.15, -0.1) is 0 Å². The van der Waals surface area contributed by atoms with Crippen LogP contribution in [0.25, 0.3) is 11.5 Å². The number of amides is 2. The SMILES string of the molecule is CCC(C(=O)N(C)CCc1noc(-c2ccc(C(=O)N3CCOCC3)cc2)n1)c1ccccc1. The Labute approximate surface area is 199 Å². The van der Waals surface area contributed by atoms with Crippen molar-refractivity contribution in [2.75, 3.05) is 39.9 Å². The molecule has 0 saturated carbocycles. The third kappa shape index (κ3) is 5.51. The highest BCUT2D eigenvalue weighted by atomic mass is 16.5. The van der Waals surface area contributed by atoms with Crippen LogP contribution in [0.1, 0.15) is 41.0 Å². The summed E-state index contributed by atoms with van der Waals surface area (Å²) >= 11 is 0. The highest BCUT2D eigenvalue weighted by Crippen LogP contribution is 2.22. The predicted octanol–water partition coefficient (Wildman–Crippen LogP) is 3.40. The molecule has 1 aliphatic rings. The van der Waals surface area contributed by atoms with E-state index in [4.69, 9.17) is 9.26 Å². The molecular weight excluding hydrogens is 432 g/mol. The number of carbonyl (C=O) groups excluding carboxylic acids is 2. The summed E-state index contributed by atoms with van der Waals surface area (Å²) in [5.74, 6) is 0.847. The molecule has 2 heterocycles. The highest BCUT2D eigenvalue weighted by molar-refractivity contribution is 5.94. The first-order chi connectivity index (χ1) is 16.6. The Morgan fingerprint density at radius 3 is 2.44 bits per heavy atom. The molecule has 8 heteroatoms. The van der Waals surface area contributed by atoms with E-state index in [1.807, 2.05) is 49.4 Å². The average Bonchev–Trinajstić information content (AvgIpc) is 3.37. The van der Waals surface area contributed by atoms with Gasteiger partial charge in [0.1, 0.15) is 0 Å². The van der Waals surface area contributed by atoms with Gasteiger partial charge in [-0.25, -0.2) is 0 Å². The lowest BCUT2D eigenvalue weighted by Gasteiger charge is -2.26. The summed E-state index contributed by atoms with van der Waals surface area (Å²) < 4.78 is 10.7. The van der Waals surface area contributed by atoms with Gasteiger partial charge in [-0.3, -0.25) is 9.59 Å². The Morgan fingerprint density at radius 2 is 1.76 bits per heavy atom. The maximum atomic E-state index is 12.9. The minimum atomic E-state index is -0.161. The van der Waals surface area contributed by atoms with Crippen molar-refractivity contribution in [1.82, 2.24) is 19.9 Å². The summed E-state index contributed by atoms with van der Waals surface area (Å²) in [4.78, 5) is 33.5. The molecule has 2 aromatic carbocycles. The molecule has 1 aliphatic heterocycles. The minimum absolute atomic E-state index is 0.00495. The number of carbonyl (C=O) groups is 2. The number of morpholine rings is 1. The summed E-state index contributed by atoms with van der Waals surface area (Å²) in [5.41, 5.74) is 2.39. The molecule has 1 unspecified atom stereocenters. The van der Waals surface area contributed by atoms with Gasteiger partial charge in [0.15, 0.2) is 5.82 Å². The number of hydrogen-bond donors (Lipinski definition) is 0. The van der Waals surface area contributed by atoms with Crippen LogP contribution < -0.4 is 0 Å². The zero-order valence-electron chi connectivity index (χ0n) is 19.6. The van der Waals surface area contributed by atoms with Crippen LogP contribution in [0.4, 0.5) is 0 Å². The van der Waals surface area contributed by atoms with E-state index >= 15 is 0 Å². The van der Waals surface area contributed by atoms with Crippen molar-refractivity contribution in [1.29, 1.82) is 0 Å². The molecule has 4 rings (SSSR count). The van der Waals surface area contributed by atoms with Gasteiger partial charge in [0.05, 0.1) is 19.1 Å². The van der Waals surface area contributed by atoms with Crippen molar-refractivity contribution < 1.29 is 18.8 Å². The van der Waals surface area contributed by atoms with Crippen molar-refractivity contribution in [2.45, 2.75) is 25.7 Å². The molecule has 0 N–H and O–H groups in total. The van der Waals surface area contributed by atoms with E-state index in [9.17, 15) is 9.59 Å². The second-order valence-corrected chi connectivity index (χ2v) is 8.38. The monoisotopic (exact) mass is 462 g/mol. The molecule has 1 aromatic heterocycles. The Kier molecular flexibility index (Phi) is 7.69. The van der Waals surface area contributed by atoms with Gasteiger partial charge in [-0.2, -0.15) is 4.98 Å². The van der Waals surface area contributed by atoms with Crippen LogP contribution in [0.15, 0.2) is 59.1 Å². The topological polar surface area (TPSA) is 88.8 Å². The molecule has 1 saturated heterocycles. The molecule has 3 aromatic rings. The number of ether oxygens (including phenoxy) is 1. The molecule has 34 heavy (non-hydrogen) atoms. The van der Waals surface area contributed by atoms with Gasteiger partial charge in [0.2, 0.25) is 5.91 Å². The fraction of sp³-hybridized carbons (Fsp3) is 0.385. The number of nitrogens with zero attached hydrogens (tertiary/aromatic N) is 4. The Bertz CT molecular complexity index is 1090. The minimum Gasteiger partial charge on any atom is -0.378 e. The number of likely N-dealkylation sites (N-methyl/N-ethyl adjacent to an activating group) is 1. The van der Waals surface area contributed by atoms with Gasteiger partial charge in [-0.1, -0.05) is 42.4 Å². The van der Waals surface area contributed by atoms with E-state index in [0.717, 1.165) is 17.5 Å². The molecule has 0 spiro atoms. The molecule has 0 radical (unpaired) electrons. The van der Waals surface area contributed by atoms with E-state index in [2.05, 4.69) is 10.1 Å². The summed E-state index contributed by atoms with van der Waals surface area (Å²) in [5, 5.41) is 4.06. The predicted molar refractivity (Wildman–Crippen MR) is 127 cm³/mol. The standard InChI is InChI=1S/C26H30N4O4/c1-3-22(19-7-5-4-6-8-19)26(32)29(2)14-13-23-27-24(34-28-23)20-9-11-21(12-10-20)25(31)30-15-17-33-18-16-30/h4-12,22H,3,13-18H2,1-2H3. The third-order valence-electron chi connectivity index (χ3n) is 6.10. The number of aromatic nitrogens is 2. The number of rotatable bonds is 8. The van der Waals surface area contributed by atoms with E-state index in [-0.39, 0.29) is 17.7 Å². The van der Waals surface area contributed by atoms with Crippen molar-refractivity contribution in [2.24, 2.45) is 0 Å². The zero-order chi connectivity index (χ0) is 23.9. The first kappa shape index (κ1) is 23.6. The average molecular weight is 463 g/mol. The van der Waals surface area contributed by atoms with Gasteiger partial charge >= 0.3 is 0 Å². The first-order valence-corrected chi connectivity index (χ1v) is 11.7. The number of benzene rings is 2. The van der Waals surface area contributed by atoms with Crippen LogP contribution in [0.5, 0.6) is 0 Å². The van der Waals surface area contributed by atoms with Gasteiger partial charge < -0.3 is 19.1 Å². The van der Waals surface area contributed by atoms with E-state index in [1.165, 1.54) is 0 Å². The molecule has 1 fully saturated rings. The Morgan fingerprint density at radius 1 is 1.06 bits per heavy atom. The van der Waals surface area contributed by atoms with Crippen LogP contribution in [-0.2, 0) is 16.0 Å². The summed E-state index contributed by atoms with van der Waals surface area (Å²) in [7, 11) is 1.80. The van der Waals surface area contributed by atoms with E-state index in [1.54, 1.807) is 29.0 Å². The smallest absolute Gasteiger partial charge is 0.257 e. The quantitative estimate of drug-likeness (QED) is 0.510. The summed E-state index contributed by atoms with van der Waals surface area (Å²) in [6, 6.07) is 17.0. The molecule has 0 aliphatic carbocycles. The van der Waals surface area contributed by atoms with E-state index in [0.29, 0.717) is 56.5 Å². The van der Waals surface area contributed by atoms with Gasteiger partial charge in [0, 0.05) is 44.2 Å². The van der Waals surface area contributed by atoms with Gasteiger partial charge in [-0.05, 0) is 36.2 Å². The zero-order valence-corrected chi connectivity index (χ0v) is 19.6. The molecule has 2 amide bonds. The van der Waals surface area contributed by atoms with E-state index < -0.39 is 0 Å². The second kappa shape index (κ2) is 11.1. The molecular formula is C26H30N4O4. The van der Waals surface area contributed by atoms with Crippen molar-refractivity contribution in [3.63, 3.8) is 0 Å². The molecule has 8 nitrogen and oxygen atoms in total. The molecule has 178 valence electrons. The lowest BCUT2D eigenvalue weighted by atomic mass is 9.95. The summed E-state index contributed by atoms with van der Waals surface area (Å²) in [6.07, 6.45) is 1.23. The summed E-state index contributed by atoms with van der Waals surface area (Å²) in [6.45, 7) is 4.87. The third-order valence-corrected chi connectivity index (χ3v) is 6.10. The molecule has 1 atom stereocenters. The lowest BCUT2D eigenvalue weighted by Crippen LogP contribution is -2.40. The van der Waals surface area contributed by atoms with Crippen LogP contribution >= 0.6 is 0 Å². The van der Waals surface area contributed by atoms with Crippen LogP contribution in [0.3, 0.4) is 0 Å². The van der Waals surface area contributed by atoms with Crippen molar-refractivity contribution in [3.8, 4) is 11.5 Å².